The van der Waals surface area contributed by atoms with Crippen molar-refractivity contribution >= 4 is 39.3 Å². The lowest BCUT2D eigenvalue weighted by molar-refractivity contribution is -0.118. The van der Waals surface area contributed by atoms with Crippen molar-refractivity contribution in [1.82, 2.24) is 20.2 Å². The van der Waals surface area contributed by atoms with Crippen LogP contribution in [0.4, 0.5) is 4.39 Å². The van der Waals surface area contributed by atoms with E-state index in [1.807, 2.05) is 59.2 Å². The normalized spacial score (nSPS) is 11.4. The Balaban J connectivity index is 1.51. The minimum absolute atomic E-state index is 0.101. The molecule has 1 aromatic heterocycles. The van der Waals surface area contributed by atoms with Crippen molar-refractivity contribution in [3.8, 4) is 17.1 Å². The Morgan fingerprint density at radius 3 is 2.42 bits per heavy atom. The van der Waals surface area contributed by atoms with Crippen molar-refractivity contribution in [2.24, 2.45) is 5.10 Å². The van der Waals surface area contributed by atoms with Crippen molar-refractivity contribution in [3.63, 3.8) is 0 Å². The van der Waals surface area contributed by atoms with Crippen LogP contribution in [0.25, 0.3) is 17.1 Å². The molecule has 0 fully saturated rings. The van der Waals surface area contributed by atoms with E-state index in [0.29, 0.717) is 16.7 Å². The first-order valence-corrected chi connectivity index (χ1v) is 11.8. The number of nitrogens with one attached hydrogen (secondary N) is 1. The number of carbonyl (C=O) groups excluding carboxylic acids is 1. The van der Waals surface area contributed by atoms with Gasteiger partial charge in [-0.3, -0.25) is 9.36 Å². The molecular formula is C24H19BrFN5OS. The monoisotopic (exact) mass is 523 g/mol. The Kier molecular flexibility index (Phi) is 7.31. The predicted octanol–water partition coefficient (Wildman–Crippen LogP) is 5.47. The maximum absolute atomic E-state index is 13.1. The zero-order valence-electron chi connectivity index (χ0n) is 17.6. The van der Waals surface area contributed by atoms with Gasteiger partial charge in [0.2, 0.25) is 0 Å². The fraction of sp³-hybridized carbons (Fsp3) is 0.0833. The number of halogens is 2. The van der Waals surface area contributed by atoms with Crippen LogP contribution in [0, 0.1) is 5.82 Å². The summed E-state index contributed by atoms with van der Waals surface area (Å²) in [5.74, 6) is 0.180. The van der Waals surface area contributed by atoms with E-state index in [0.717, 1.165) is 21.3 Å². The highest BCUT2D eigenvalue weighted by Crippen LogP contribution is 2.28. The average molecular weight is 524 g/mol. The predicted molar refractivity (Wildman–Crippen MR) is 132 cm³/mol. The number of hydrazone groups is 1. The number of thioether (sulfide) groups is 1. The molecule has 33 heavy (non-hydrogen) atoms. The molecule has 0 aliphatic carbocycles. The third-order valence-electron chi connectivity index (χ3n) is 4.69. The molecule has 0 saturated carbocycles. The van der Waals surface area contributed by atoms with Crippen molar-refractivity contribution < 1.29 is 9.18 Å². The molecule has 0 saturated heterocycles. The largest absolute Gasteiger partial charge is 0.272 e. The SMILES string of the molecule is C/C(=N/NC(=O)CSc1nnc(-c2ccccc2)n1-c1ccc(Br)cc1)c1ccc(F)cc1. The molecule has 3 aromatic carbocycles. The van der Waals surface area contributed by atoms with Crippen LogP contribution in [-0.2, 0) is 4.79 Å². The maximum Gasteiger partial charge on any atom is 0.250 e. The van der Waals surface area contributed by atoms with Gasteiger partial charge in [0.15, 0.2) is 11.0 Å². The van der Waals surface area contributed by atoms with E-state index < -0.39 is 0 Å². The molecule has 6 nitrogen and oxygen atoms in total. The molecule has 0 radical (unpaired) electrons. The van der Waals surface area contributed by atoms with Gasteiger partial charge in [0.1, 0.15) is 5.82 Å². The summed E-state index contributed by atoms with van der Waals surface area (Å²) in [6, 6.07) is 23.5. The third-order valence-corrected chi connectivity index (χ3v) is 6.15. The van der Waals surface area contributed by atoms with E-state index in [9.17, 15) is 9.18 Å². The highest BCUT2D eigenvalue weighted by Gasteiger charge is 2.17. The fourth-order valence-corrected chi connectivity index (χ4v) is 4.03. The van der Waals surface area contributed by atoms with E-state index in [1.54, 1.807) is 19.1 Å². The van der Waals surface area contributed by atoms with Gasteiger partial charge < -0.3 is 0 Å². The van der Waals surface area contributed by atoms with Crippen LogP contribution >= 0.6 is 27.7 Å². The standard InChI is InChI=1S/C24H19BrFN5OS/c1-16(17-7-11-20(26)12-8-17)27-28-22(32)15-33-24-30-29-23(18-5-3-2-4-6-18)31(24)21-13-9-19(25)10-14-21/h2-14H,15H2,1H3,(H,28,32)/b27-16-. The van der Waals surface area contributed by atoms with E-state index >= 15 is 0 Å². The lowest BCUT2D eigenvalue weighted by atomic mass is 10.1. The van der Waals surface area contributed by atoms with Crippen molar-refractivity contribution in [2.75, 3.05) is 5.75 Å². The summed E-state index contributed by atoms with van der Waals surface area (Å²) in [5.41, 5.74) is 5.66. The van der Waals surface area contributed by atoms with Crippen LogP contribution in [0.5, 0.6) is 0 Å². The molecule has 9 heteroatoms. The lowest BCUT2D eigenvalue weighted by Gasteiger charge is -2.10. The minimum Gasteiger partial charge on any atom is -0.272 e. The fourth-order valence-electron chi connectivity index (χ4n) is 3.02. The molecule has 1 N–H and O–H groups in total. The van der Waals surface area contributed by atoms with Gasteiger partial charge in [-0.15, -0.1) is 10.2 Å². The number of aromatic nitrogens is 3. The molecule has 4 rings (SSSR count). The van der Waals surface area contributed by atoms with E-state index in [2.05, 4.69) is 36.7 Å². The van der Waals surface area contributed by atoms with Gasteiger partial charge in [-0.25, -0.2) is 9.82 Å². The van der Waals surface area contributed by atoms with Gasteiger partial charge >= 0.3 is 0 Å². The van der Waals surface area contributed by atoms with Gasteiger partial charge in [0, 0.05) is 15.7 Å². The Morgan fingerprint density at radius 2 is 1.73 bits per heavy atom. The zero-order valence-corrected chi connectivity index (χ0v) is 20.0. The summed E-state index contributed by atoms with van der Waals surface area (Å²) in [6.07, 6.45) is 0. The number of carbonyl (C=O) groups is 1. The van der Waals surface area contributed by atoms with Gasteiger partial charge in [-0.2, -0.15) is 5.10 Å². The Hall–Kier alpha value is -3.30. The first kappa shape index (κ1) is 22.9. The van der Waals surface area contributed by atoms with Crippen LogP contribution in [0.15, 0.2) is 93.6 Å². The number of hydrogen-bond donors (Lipinski definition) is 1. The van der Waals surface area contributed by atoms with Crippen LogP contribution in [0.1, 0.15) is 12.5 Å². The maximum atomic E-state index is 13.1. The number of benzene rings is 3. The number of rotatable bonds is 7. The molecule has 0 unspecified atom stereocenters. The van der Waals surface area contributed by atoms with Gasteiger partial charge in [0.25, 0.3) is 5.91 Å². The first-order valence-electron chi connectivity index (χ1n) is 10.00. The summed E-state index contributed by atoms with van der Waals surface area (Å²) >= 11 is 4.73. The molecule has 4 aromatic rings. The van der Waals surface area contributed by atoms with Crippen LogP contribution in [0.3, 0.4) is 0 Å². The zero-order chi connectivity index (χ0) is 23.2. The highest BCUT2D eigenvalue weighted by atomic mass is 79.9. The Morgan fingerprint density at radius 1 is 1.03 bits per heavy atom. The molecule has 0 aliphatic rings. The highest BCUT2D eigenvalue weighted by molar-refractivity contribution is 9.10. The van der Waals surface area contributed by atoms with Gasteiger partial charge in [0.05, 0.1) is 11.5 Å². The Bertz CT molecular complexity index is 1270. The van der Waals surface area contributed by atoms with Crippen molar-refractivity contribution in [1.29, 1.82) is 0 Å². The quantitative estimate of drug-likeness (QED) is 0.198. The molecule has 1 heterocycles. The molecular weight excluding hydrogens is 505 g/mol. The summed E-state index contributed by atoms with van der Waals surface area (Å²) in [4.78, 5) is 12.4. The summed E-state index contributed by atoms with van der Waals surface area (Å²) < 4.78 is 16.0. The smallest absolute Gasteiger partial charge is 0.250 e. The second-order valence-electron chi connectivity index (χ2n) is 7.01. The topological polar surface area (TPSA) is 72.2 Å². The molecule has 0 spiro atoms. The summed E-state index contributed by atoms with van der Waals surface area (Å²) in [7, 11) is 0. The molecule has 1 amide bonds. The summed E-state index contributed by atoms with van der Waals surface area (Å²) in [6.45, 7) is 1.75. The lowest BCUT2D eigenvalue weighted by Crippen LogP contribution is -2.21. The molecule has 0 bridgehead atoms. The van der Waals surface area contributed by atoms with Crippen molar-refractivity contribution in [2.45, 2.75) is 12.1 Å². The molecule has 0 atom stereocenters. The summed E-state index contributed by atoms with van der Waals surface area (Å²) in [5, 5.41) is 13.4. The third kappa shape index (κ3) is 5.74. The van der Waals surface area contributed by atoms with Crippen molar-refractivity contribution in [3.05, 3.63) is 94.7 Å². The minimum atomic E-state index is -0.322. The van der Waals surface area contributed by atoms with Crippen LogP contribution in [-0.4, -0.2) is 32.1 Å². The Labute approximate surface area is 203 Å². The number of hydrogen-bond acceptors (Lipinski definition) is 5. The van der Waals surface area contributed by atoms with E-state index in [-0.39, 0.29) is 17.5 Å². The first-order chi connectivity index (χ1) is 16.0. The number of amides is 1. The van der Waals surface area contributed by atoms with E-state index in [4.69, 9.17) is 0 Å². The van der Waals surface area contributed by atoms with Crippen LogP contribution in [0.2, 0.25) is 0 Å². The van der Waals surface area contributed by atoms with Gasteiger partial charge in [-0.05, 0) is 48.9 Å². The van der Waals surface area contributed by atoms with Crippen LogP contribution < -0.4 is 5.43 Å². The average Bonchev–Trinajstić information content (AvgIpc) is 3.26. The van der Waals surface area contributed by atoms with Gasteiger partial charge in [-0.1, -0.05) is 70.2 Å². The molecule has 0 aliphatic heterocycles. The molecule has 166 valence electrons. The second-order valence-corrected chi connectivity index (χ2v) is 8.87. The van der Waals surface area contributed by atoms with E-state index in [1.165, 1.54) is 23.9 Å². The number of nitrogens with zero attached hydrogens (tertiary/aromatic N) is 4. The second kappa shape index (κ2) is 10.5.